The Balaban J connectivity index is 1.55. The third kappa shape index (κ3) is 4.22. The van der Waals surface area contributed by atoms with Gasteiger partial charge >= 0.3 is 5.76 Å². The summed E-state index contributed by atoms with van der Waals surface area (Å²) in [4.78, 5) is 25.7. The number of nitrogens with one attached hydrogen (secondary N) is 1. The normalized spacial score (nSPS) is 15.6. The number of carbonyl (C=O) groups is 2. The molecule has 0 unspecified atom stereocenters. The van der Waals surface area contributed by atoms with Crippen LogP contribution in [0, 0.1) is 0 Å². The highest BCUT2D eigenvalue weighted by molar-refractivity contribution is 7.91. The van der Waals surface area contributed by atoms with E-state index < -0.39 is 26.4 Å². The summed E-state index contributed by atoms with van der Waals surface area (Å²) >= 11 is 0. The topological polar surface area (TPSA) is 96.7 Å². The van der Waals surface area contributed by atoms with E-state index in [1.54, 1.807) is 11.0 Å². The standard InChI is InChI=1S/C18H18F2N2O5S/c19-18(20)28(25,26)15-3-1-12(2-4-15)16(23)21-14-5-8-22(9-6-14)17(24)13-7-10-27-11-13/h1-4,7,10-11,14,18H,5-6,8-9H2,(H,21,23). The molecule has 2 aromatic rings. The van der Waals surface area contributed by atoms with E-state index in [0.29, 0.717) is 31.5 Å². The van der Waals surface area contributed by atoms with E-state index >= 15 is 0 Å². The first kappa shape index (κ1) is 20.0. The molecule has 1 aromatic heterocycles. The summed E-state index contributed by atoms with van der Waals surface area (Å²) in [7, 11) is -4.69. The summed E-state index contributed by atoms with van der Waals surface area (Å²) in [6.45, 7) is 0.945. The number of benzene rings is 1. The molecule has 1 aliphatic rings. The highest BCUT2D eigenvalue weighted by atomic mass is 32.2. The van der Waals surface area contributed by atoms with E-state index in [-0.39, 0.29) is 17.5 Å². The minimum absolute atomic E-state index is 0.130. The van der Waals surface area contributed by atoms with Crippen molar-refractivity contribution in [1.29, 1.82) is 0 Å². The average Bonchev–Trinajstić information content (AvgIpc) is 3.23. The zero-order chi connectivity index (χ0) is 20.3. The van der Waals surface area contributed by atoms with Gasteiger partial charge in [0.2, 0.25) is 9.84 Å². The van der Waals surface area contributed by atoms with E-state index in [1.807, 2.05) is 0 Å². The lowest BCUT2D eigenvalue weighted by Gasteiger charge is -2.32. The molecule has 0 bridgehead atoms. The maximum atomic E-state index is 12.5. The van der Waals surface area contributed by atoms with Gasteiger partial charge in [-0.05, 0) is 43.2 Å². The number of nitrogens with zero attached hydrogens (tertiary/aromatic N) is 1. The van der Waals surface area contributed by atoms with Crippen molar-refractivity contribution in [3.8, 4) is 0 Å². The Bertz CT molecular complexity index is 935. The molecule has 1 saturated heterocycles. The van der Waals surface area contributed by atoms with Crippen molar-refractivity contribution in [1.82, 2.24) is 10.2 Å². The molecule has 1 aliphatic heterocycles. The Morgan fingerprint density at radius 2 is 1.71 bits per heavy atom. The molecule has 0 aliphatic carbocycles. The second kappa shape index (κ2) is 8.09. The van der Waals surface area contributed by atoms with Crippen LogP contribution in [0.25, 0.3) is 0 Å². The van der Waals surface area contributed by atoms with Crippen molar-refractivity contribution in [2.45, 2.75) is 29.5 Å². The van der Waals surface area contributed by atoms with Gasteiger partial charge in [-0.25, -0.2) is 8.42 Å². The van der Waals surface area contributed by atoms with E-state index in [9.17, 15) is 26.8 Å². The fourth-order valence-corrected chi connectivity index (χ4v) is 3.68. The van der Waals surface area contributed by atoms with Gasteiger partial charge in [0.1, 0.15) is 6.26 Å². The lowest BCUT2D eigenvalue weighted by atomic mass is 10.0. The number of likely N-dealkylation sites (tertiary alicyclic amines) is 1. The lowest BCUT2D eigenvalue weighted by molar-refractivity contribution is 0.0697. The first-order valence-electron chi connectivity index (χ1n) is 8.53. The highest BCUT2D eigenvalue weighted by Gasteiger charge is 2.27. The largest absolute Gasteiger partial charge is 0.472 e. The number of carbonyl (C=O) groups excluding carboxylic acids is 2. The van der Waals surface area contributed by atoms with Gasteiger partial charge in [0.25, 0.3) is 11.8 Å². The van der Waals surface area contributed by atoms with E-state index in [4.69, 9.17) is 4.42 Å². The number of sulfone groups is 1. The summed E-state index contributed by atoms with van der Waals surface area (Å²) in [5.74, 6) is -4.07. The number of amides is 2. The van der Waals surface area contributed by atoms with Crippen LogP contribution >= 0.6 is 0 Å². The van der Waals surface area contributed by atoms with Crippen LogP contribution in [0.3, 0.4) is 0 Å². The smallest absolute Gasteiger partial charge is 0.341 e. The first-order valence-corrected chi connectivity index (χ1v) is 10.1. The lowest BCUT2D eigenvalue weighted by Crippen LogP contribution is -2.46. The van der Waals surface area contributed by atoms with Gasteiger partial charge in [0.15, 0.2) is 0 Å². The minimum Gasteiger partial charge on any atom is -0.472 e. The zero-order valence-corrected chi connectivity index (χ0v) is 15.5. The maximum absolute atomic E-state index is 12.5. The van der Waals surface area contributed by atoms with Crippen molar-refractivity contribution in [2.75, 3.05) is 13.1 Å². The molecular weight excluding hydrogens is 394 g/mol. The fourth-order valence-electron chi connectivity index (χ4n) is 2.96. The predicted octanol–water partition coefficient (Wildman–Crippen LogP) is 2.31. The molecule has 2 amide bonds. The van der Waals surface area contributed by atoms with Crippen LogP contribution in [0.4, 0.5) is 8.78 Å². The average molecular weight is 412 g/mol. The van der Waals surface area contributed by atoms with Gasteiger partial charge in [0.05, 0.1) is 16.7 Å². The van der Waals surface area contributed by atoms with Gasteiger partial charge in [-0.3, -0.25) is 9.59 Å². The molecule has 0 spiro atoms. The molecule has 0 saturated carbocycles. The number of hydrogen-bond donors (Lipinski definition) is 1. The zero-order valence-electron chi connectivity index (χ0n) is 14.7. The summed E-state index contributed by atoms with van der Waals surface area (Å²) < 4.78 is 52.8. The van der Waals surface area contributed by atoms with Gasteiger partial charge in [-0.1, -0.05) is 0 Å². The molecule has 10 heteroatoms. The van der Waals surface area contributed by atoms with Crippen molar-refractivity contribution in [3.63, 3.8) is 0 Å². The third-order valence-electron chi connectivity index (χ3n) is 4.57. The summed E-state index contributed by atoms with van der Waals surface area (Å²) in [6.07, 6.45) is 3.94. The van der Waals surface area contributed by atoms with E-state index in [1.165, 1.54) is 24.7 Å². The molecule has 1 fully saturated rings. The Kier molecular flexibility index (Phi) is 5.78. The fraction of sp³-hybridized carbons (Fsp3) is 0.333. The van der Waals surface area contributed by atoms with Crippen LogP contribution in [-0.4, -0.2) is 50.0 Å². The van der Waals surface area contributed by atoms with Gasteiger partial charge in [0, 0.05) is 24.7 Å². The van der Waals surface area contributed by atoms with Gasteiger partial charge in [-0.15, -0.1) is 0 Å². The van der Waals surface area contributed by atoms with E-state index in [0.717, 1.165) is 12.1 Å². The molecule has 3 rings (SSSR count). The number of furan rings is 1. The molecule has 150 valence electrons. The Hall–Kier alpha value is -2.75. The van der Waals surface area contributed by atoms with Crippen LogP contribution in [0.2, 0.25) is 0 Å². The monoisotopic (exact) mass is 412 g/mol. The number of halogens is 2. The molecule has 28 heavy (non-hydrogen) atoms. The van der Waals surface area contributed by atoms with Crippen molar-refractivity contribution in [3.05, 3.63) is 54.0 Å². The quantitative estimate of drug-likeness (QED) is 0.813. The molecule has 0 radical (unpaired) electrons. The second-order valence-corrected chi connectivity index (χ2v) is 8.30. The van der Waals surface area contributed by atoms with Gasteiger partial charge in [-0.2, -0.15) is 8.78 Å². The van der Waals surface area contributed by atoms with Crippen LogP contribution in [0.1, 0.15) is 33.6 Å². The predicted molar refractivity (Wildman–Crippen MR) is 94.7 cm³/mol. The third-order valence-corrected chi connectivity index (χ3v) is 5.96. The minimum atomic E-state index is -4.69. The van der Waals surface area contributed by atoms with Crippen LogP contribution in [-0.2, 0) is 9.84 Å². The van der Waals surface area contributed by atoms with Crippen molar-refractivity contribution < 1.29 is 31.2 Å². The number of rotatable bonds is 5. The highest BCUT2D eigenvalue weighted by Crippen LogP contribution is 2.19. The number of piperidine rings is 1. The summed E-state index contributed by atoms with van der Waals surface area (Å²) in [5.41, 5.74) is 0.645. The van der Waals surface area contributed by atoms with Crippen molar-refractivity contribution in [2.24, 2.45) is 0 Å². The second-order valence-electron chi connectivity index (χ2n) is 6.38. The Morgan fingerprint density at radius 3 is 2.25 bits per heavy atom. The number of alkyl halides is 2. The Labute approximate surface area is 160 Å². The van der Waals surface area contributed by atoms with Gasteiger partial charge < -0.3 is 14.6 Å². The molecule has 1 N–H and O–H groups in total. The SMILES string of the molecule is O=C(NC1CCN(C(=O)c2ccoc2)CC1)c1ccc(S(=O)(=O)C(F)F)cc1. The summed E-state index contributed by atoms with van der Waals surface area (Å²) in [5, 5.41) is 2.82. The summed E-state index contributed by atoms with van der Waals surface area (Å²) in [6, 6.07) is 5.81. The molecule has 1 aromatic carbocycles. The van der Waals surface area contributed by atoms with E-state index in [2.05, 4.69) is 5.32 Å². The van der Waals surface area contributed by atoms with Crippen molar-refractivity contribution >= 4 is 21.7 Å². The maximum Gasteiger partial charge on any atom is 0.341 e. The van der Waals surface area contributed by atoms with Crippen LogP contribution < -0.4 is 5.32 Å². The Morgan fingerprint density at radius 1 is 1.07 bits per heavy atom. The molecular formula is C18H18F2N2O5S. The molecule has 0 atom stereocenters. The number of hydrogen-bond acceptors (Lipinski definition) is 5. The van der Waals surface area contributed by atoms with Crippen LogP contribution in [0.15, 0.2) is 52.2 Å². The molecule has 2 heterocycles. The first-order chi connectivity index (χ1) is 13.3. The van der Waals surface area contributed by atoms with Crippen LogP contribution in [0.5, 0.6) is 0 Å². The molecule has 7 nitrogen and oxygen atoms in total.